The first-order chi connectivity index (χ1) is 8.06. The van der Waals surface area contributed by atoms with Crippen molar-refractivity contribution in [1.82, 2.24) is 9.55 Å². The molecule has 3 heteroatoms. The smallest absolute Gasteiger partial charge is 0.201 e. The quantitative estimate of drug-likeness (QED) is 0.752. The maximum absolute atomic E-state index is 12.6. The average molecular weight is 234 g/mol. The molecular formula is C14H22N2O. The predicted molar refractivity (Wildman–Crippen MR) is 68.0 cm³/mol. The second-order valence-corrected chi connectivity index (χ2v) is 5.69. The van der Waals surface area contributed by atoms with Crippen LogP contribution in [0.4, 0.5) is 0 Å². The van der Waals surface area contributed by atoms with E-state index in [-0.39, 0.29) is 17.1 Å². The van der Waals surface area contributed by atoms with Crippen LogP contribution < -0.4 is 0 Å². The predicted octanol–water partition coefficient (Wildman–Crippen LogP) is 3.30. The summed E-state index contributed by atoms with van der Waals surface area (Å²) in [5.74, 6) is 1.03. The molecule has 1 atom stereocenters. The van der Waals surface area contributed by atoms with E-state index in [0.29, 0.717) is 5.82 Å². The van der Waals surface area contributed by atoms with Gasteiger partial charge < -0.3 is 4.57 Å². The number of carbonyl (C=O) groups is 1. The van der Waals surface area contributed by atoms with E-state index >= 15 is 0 Å². The third-order valence-electron chi connectivity index (χ3n) is 4.10. The summed E-state index contributed by atoms with van der Waals surface area (Å²) in [5, 5.41) is 0. The van der Waals surface area contributed by atoms with Crippen LogP contribution in [-0.4, -0.2) is 15.3 Å². The molecule has 1 fully saturated rings. The minimum Gasteiger partial charge on any atom is -0.329 e. The number of ketones is 1. The van der Waals surface area contributed by atoms with Gasteiger partial charge in [0.05, 0.1) is 0 Å². The number of nitrogens with zero attached hydrogens (tertiary/aromatic N) is 2. The largest absolute Gasteiger partial charge is 0.329 e. The molecule has 0 saturated heterocycles. The fourth-order valence-electron chi connectivity index (χ4n) is 2.93. The van der Waals surface area contributed by atoms with Gasteiger partial charge in [0.2, 0.25) is 5.78 Å². The topological polar surface area (TPSA) is 34.9 Å². The highest BCUT2D eigenvalue weighted by molar-refractivity contribution is 5.95. The second-order valence-electron chi connectivity index (χ2n) is 5.69. The van der Waals surface area contributed by atoms with Gasteiger partial charge in [0.25, 0.3) is 0 Å². The number of hydrogen-bond acceptors (Lipinski definition) is 2. The van der Waals surface area contributed by atoms with Gasteiger partial charge in [0.1, 0.15) is 0 Å². The maximum Gasteiger partial charge on any atom is 0.201 e. The highest BCUT2D eigenvalue weighted by Crippen LogP contribution is 2.41. The fraction of sp³-hybridized carbons (Fsp3) is 0.714. The first kappa shape index (κ1) is 12.3. The zero-order valence-electron chi connectivity index (χ0n) is 11.1. The van der Waals surface area contributed by atoms with Gasteiger partial charge >= 0.3 is 0 Å². The number of aromatic nitrogens is 2. The zero-order chi connectivity index (χ0) is 12.5. The number of carbonyl (C=O) groups excluding carboxylic acids is 1. The number of aryl methyl sites for hydroxylation is 1. The van der Waals surface area contributed by atoms with Crippen LogP contribution >= 0.6 is 0 Å². The molecule has 0 aromatic carbocycles. The van der Waals surface area contributed by atoms with Crippen molar-refractivity contribution in [2.24, 2.45) is 11.3 Å². The number of rotatable bonds is 3. The molecular weight excluding hydrogens is 212 g/mol. The Labute approximate surface area is 103 Å². The van der Waals surface area contributed by atoms with Crippen molar-refractivity contribution in [2.75, 3.05) is 0 Å². The lowest BCUT2D eigenvalue weighted by molar-refractivity contribution is 0.0681. The minimum absolute atomic E-state index is 0.125. The summed E-state index contributed by atoms with van der Waals surface area (Å²) in [7, 11) is 0. The van der Waals surface area contributed by atoms with E-state index in [9.17, 15) is 4.79 Å². The van der Waals surface area contributed by atoms with Crippen LogP contribution in [0.3, 0.4) is 0 Å². The van der Waals surface area contributed by atoms with Crippen LogP contribution in [0.5, 0.6) is 0 Å². The van der Waals surface area contributed by atoms with E-state index < -0.39 is 0 Å². The molecule has 1 aromatic heterocycles. The molecule has 0 aliphatic heterocycles. The highest BCUT2D eigenvalue weighted by Gasteiger charge is 2.38. The van der Waals surface area contributed by atoms with E-state index in [2.05, 4.69) is 18.8 Å². The highest BCUT2D eigenvalue weighted by atomic mass is 16.1. The standard InChI is InChI=1S/C14H22N2O/c1-4-16-10-9-15-13(16)12(17)11-7-5-6-8-14(11,2)3/h9-11H,4-8H2,1-3H3. The van der Waals surface area contributed by atoms with E-state index in [1.54, 1.807) is 6.20 Å². The molecule has 1 aromatic rings. The Hall–Kier alpha value is -1.12. The molecule has 1 heterocycles. The minimum atomic E-state index is 0.125. The van der Waals surface area contributed by atoms with Crippen molar-refractivity contribution in [2.45, 2.75) is 53.0 Å². The molecule has 1 aliphatic carbocycles. The monoisotopic (exact) mass is 234 g/mol. The first-order valence-corrected chi connectivity index (χ1v) is 6.61. The Balaban J connectivity index is 2.25. The summed E-state index contributed by atoms with van der Waals surface area (Å²) in [6.45, 7) is 7.29. The van der Waals surface area contributed by atoms with Gasteiger partial charge in [-0.1, -0.05) is 26.7 Å². The van der Waals surface area contributed by atoms with Gasteiger partial charge in [-0.2, -0.15) is 0 Å². The molecule has 1 saturated carbocycles. The van der Waals surface area contributed by atoms with Gasteiger partial charge in [-0.25, -0.2) is 4.98 Å². The van der Waals surface area contributed by atoms with Gasteiger partial charge in [0, 0.05) is 24.9 Å². The molecule has 1 unspecified atom stereocenters. The maximum atomic E-state index is 12.6. The summed E-state index contributed by atoms with van der Waals surface area (Å²) < 4.78 is 1.95. The third-order valence-corrected chi connectivity index (χ3v) is 4.10. The molecule has 0 spiro atoms. The number of Topliss-reactive ketones (excluding diaryl/α,β-unsaturated/α-hetero) is 1. The summed E-state index contributed by atoms with van der Waals surface area (Å²) in [4.78, 5) is 16.8. The van der Waals surface area contributed by atoms with Crippen molar-refractivity contribution in [3.63, 3.8) is 0 Å². The lowest BCUT2D eigenvalue weighted by atomic mass is 9.67. The van der Waals surface area contributed by atoms with Gasteiger partial charge in [0.15, 0.2) is 5.82 Å². The molecule has 1 aliphatic rings. The summed E-state index contributed by atoms with van der Waals surface area (Å²) >= 11 is 0. The average Bonchev–Trinajstić information content (AvgIpc) is 2.75. The molecule has 17 heavy (non-hydrogen) atoms. The van der Waals surface area contributed by atoms with Crippen LogP contribution in [0, 0.1) is 11.3 Å². The van der Waals surface area contributed by atoms with Gasteiger partial charge in [-0.3, -0.25) is 4.79 Å². The van der Waals surface area contributed by atoms with Gasteiger partial charge in [-0.15, -0.1) is 0 Å². The van der Waals surface area contributed by atoms with E-state index in [1.807, 2.05) is 17.7 Å². The SMILES string of the molecule is CCn1ccnc1C(=O)C1CCCCC1(C)C. The molecule has 94 valence electrons. The number of hydrogen-bond donors (Lipinski definition) is 0. The molecule has 3 nitrogen and oxygen atoms in total. The fourth-order valence-corrected chi connectivity index (χ4v) is 2.93. The van der Waals surface area contributed by atoms with Crippen LogP contribution in [0.15, 0.2) is 12.4 Å². The van der Waals surface area contributed by atoms with Crippen molar-refractivity contribution in [1.29, 1.82) is 0 Å². The Morgan fingerprint density at radius 2 is 2.29 bits per heavy atom. The zero-order valence-corrected chi connectivity index (χ0v) is 11.1. The molecule has 0 radical (unpaired) electrons. The second kappa shape index (κ2) is 4.63. The molecule has 0 bridgehead atoms. The van der Waals surface area contributed by atoms with E-state index in [4.69, 9.17) is 0 Å². The first-order valence-electron chi connectivity index (χ1n) is 6.61. The lowest BCUT2D eigenvalue weighted by Gasteiger charge is -2.37. The molecule has 2 rings (SSSR count). The Morgan fingerprint density at radius 3 is 2.94 bits per heavy atom. The van der Waals surface area contributed by atoms with Crippen molar-refractivity contribution in [3.8, 4) is 0 Å². The van der Waals surface area contributed by atoms with Crippen molar-refractivity contribution in [3.05, 3.63) is 18.2 Å². The summed E-state index contributed by atoms with van der Waals surface area (Å²) in [6, 6.07) is 0. The Morgan fingerprint density at radius 1 is 1.53 bits per heavy atom. The van der Waals surface area contributed by atoms with Crippen LogP contribution in [0.2, 0.25) is 0 Å². The summed E-state index contributed by atoms with van der Waals surface area (Å²) in [5.41, 5.74) is 0.125. The Kier molecular flexibility index (Phi) is 3.36. The summed E-state index contributed by atoms with van der Waals surface area (Å²) in [6.07, 6.45) is 8.21. The van der Waals surface area contributed by atoms with E-state index in [0.717, 1.165) is 19.4 Å². The Bertz CT molecular complexity index is 406. The van der Waals surface area contributed by atoms with Gasteiger partial charge in [-0.05, 0) is 25.2 Å². The van der Waals surface area contributed by atoms with E-state index in [1.165, 1.54) is 12.8 Å². The van der Waals surface area contributed by atoms with Crippen LogP contribution in [-0.2, 0) is 6.54 Å². The lowest BCUT2D eigenvalue weighted by Crippen LogP contribution is -2.35. The normalized spacial score (nSPS) is 23.6. The third kappa shape index (κ3) is 2.28. The molecule has 0 N–H and O–H groups in total. The van der Waals surface area contributed by atoms with Crippen LogP contribution in [0.25, 0.3) is 0 Å². The molecule has 0 amide bonds. The van der Waals surface area contributed by atoms with Crippen LogP contribution in [0.1, 0.15) is 57.1 Å². The van der Waals surface area contributed by atoms with Crippen molar-refractivity contribution >= 4 is 5.78 Å². The number of imidazole rings is 1. The van der Waals surface area contributed by atoms with Crippen molar-refractivity contribution < 1.29 is 4.79 Å².